The Morgan fingerprint density at radius 1 is 1.43 bits per heavy atom. The molecule has 114 valence electrons. The molecule has 0 N–H and O–H groups in total. The van der Waals surface area contributed by atoms with Gasteiger partial charge in [0.05, 0.1) is 24.2 Å². The zero-order chi connectivity index (χ0) is 14.7. The molecule has 2 amide bonds. The van der Waals surface area contributed by atoms with Crippen LogP contribution in [0.15, 0.2) is 18.5 Å². The van der Waals surface area contributed by atoms with Crippen molar-refractivity contribution in [3.63, 3.8) is 0 Å². The average Bonchev–Trinajstić information content (AvgIpc) is 3.12. The summed E-state index contributed by atoms with van der Waals surface area (Å²) in [4.78, 5) is 27.8. The highest BCUT2D eigenvalue weighted by atomic mass is 32.2. The number of likely N-dealkylation sites (tertiary alicyclic amines) is 1. The Morgan fingerprint density at radius 3 is 3.05 bits per heavy atom. The molecule has 0 aliphatic carbocycles. The van der Waals surface area contributed by atoms with Crippen molar-refractivity contribution in [3.8, 4) is 0 Å². The van der Waals surface area contributed by atoms with E-state index in [-0.39, 0.29) is 24.4 Å². The molecule has 7 heteroatoms. The van der Waals surface area contributed by atoms with Crippen LogP contribution in [0.4, 0.5) is 0 Å². The van der Waals surface area contributed by atoms with E-state index in [1.165, 1.54) is 0 Å². The molecule has 2 fully saturated rings. The van der Waals surface area contributed by atoms with Crippen LogP contribution in [0.5, 0.6) is 0 Å². The Balaban J connectivity index is 1.62. The van der Waals surface area contributed by atoms with Gasteiger partial charge in [0.1, 0.15) is 6.54 Å². The number of hydrogen-bond donors (Lipinski definition) is 0. The lowest BCUT2D eigenvalue weighted by Gasteiger charge is -2.36. The molecule has 0 saturated carbocycles. The highest BCUT2D eigenvalue weighted by molar-refractivity contribution is 8.00. The minimum Gasteiger partial charge on any atom is -0.336 e. The molecule has 1 aromatic rings. The third-order valence-electron chi connectivity index (χ3n) is 4.06. The first-order valence-corrected chi connectivity index (χ1v) is 8.52. The summed E-state index contributed by atoms with van der Waals surface area (Å²) in [6, 6.07) is 2.09. The van der Waals surface area contributed by atoms with Crippen molar-refractivity contribution in [2.75, 3.05) is 24.7 Å². The molecule has 1 atom stereocenters. The van der Waals surface area contributed by atoms with Crippen molar-refractivity contribution < 1.29 is 9.59 Å². The van der Waals surface area contributed by atoms with Crippen LogP contribution in [0, 0.1) is 0 Å². The van der Waals surface area contributed by atoms with E-state index in [2.05, 4.69) is 5.10 Å². The highest BCUT2D eigenvalue weighted by Crippen LogP contribution is 2.20. The maximum Gasteiger partial charge on any atom is 0.242 e. The summed E-state index contributed by atoms with van der Waals surface area (Å²) in [5, 5.41) is 4.23. The normalized spacial score (nSPS) is 22.9. The summed E-state index contributed by atoms with van der Waals surface area (Å²) in [5.74, 6) is 1.29. The van der Waals surface area contributed by atoms with Crippen molar-refractivity contribution in [1.29, 1.82) is 0 Å². The lowest BCUT2D eigenvalue weighted by Crippen LogP contribution is -2.49. The molecule has 3 rings (SSSR count). The van der Waals surface area contributed by atoms with Crippen LogP contribution in [-0.2, 0) is 16.1 Å². The summed E-state index contributed by atoms with van der Waals surface area (Å²) in [5.41, 5.74) is 0. The zero-order valence-corrected chi connectivity index (χ0v) is 12.8. The molecule has 2 saturated heterocycles. The Bertz CT molecular complexity index is 505. The fraction of sp³-hybridized carbons (Fsp3) is 0.643. The van der Waals surface area contributed by atoms with Gasteiger partial charge in [0.15, 0.2) is 0 Å². The van der Waals surface area contributed by atoms with E-state index >= 15 is 0 Å². The Kier molecular flexibility index (Phi) is 4.48. The molecule has 0 aromatic carbocycles. The molecule has 0 unspecified atom stereocenters. The minimum absolute atomic E-state index is 0.0720. The highest BCUT2D eigenvalue weighted by Gasteiger charge is 2.30. The summed E-state index contributed by atoms with van der Waals surface area (Å²) < 4.78 is 1.88. The van der Waals surface area contributed by atoms with Crippen LogP contribution in [-0.4, -0.2) is 62.2 Å². The second-order valence-electron chi connectivity index (χ2n) is 5.53. The van der Waals surface area contributed by atoms with E-state index in [1.54, 1.807) is 22.9 Å². The Labute approximate surface area is 128 Å². The van der Waals surface area contributed by atoms with E-state index < -0.39 is 0 Å². The largest absolute Gasteiger partial charge is 0.336 e. The van der Waals surface area contributed by atoms with Crippen molar-refractivity contribution >= 4 is 23.6 Å². The predicted molar refractivity (Wildman–Crippen MR) is 80.6 cm³/mol. The molecular formula is C14H20N4O2S. The van der Waals surface area contributed by atoms with Crippen LogP contribution in [0.25, 0.3) is 0 Å². The maximum absolute atomic E-state index is 12.5. The van der Waals surface area contributed by atoms with Gasteiger partial charge in [0.25, 0.3) is 0 Å². The van der Waals surface area contributed by atoms with Crippen LogP contribution < -0.4 is 0 Å². The number of aromatic nitrogens is 2. The topological polar surface area (TPSA) is 58.4 Å². The van der Waals surface area contributed by atoms with Gasteiger partial charge < -0.3 is 9.80 Å². The third-order valence-corrected chi connectivity index (χ3v) is 5.00. The van der Waals surface area contributed by atoms with Crippen molar-refractivity contribution in [2.45, 2.75) is 31.8 Å². The molecule has 2 aliphatic heterocycles. The molecule has 21 heavy (non-hydrogen) atoms. The Hall–Kier alpha value is -1.50. The van der Waals surface area contributed by atoms with Gasteiger partial charge in [-0.3, -0.25) is 14.3 Å². The van der Waals surface area contributed by atoms with Crippen molar-refractivity contribution in [3.05, 3.63) is 18.5 Å². The molecule has 0 spiro atoms. The zero-order valence-electron chi connectivity index (χ0n) is 12.0. The molecule has 0 bridgehead atoms. The van der Waals surface area contributed by atoms with E-state index in [9.17, 15) is 9.59 Å². The maximum atomic E-state index is 12.5. The number of amides is 2. The van der Waals surface area contributed by atoms with Crippen LogP contribution >= 0.6 is 11.8 Å². The van der Waals surface area contributed by atoms with Crippen molar-refractivity contribution in [1.82, 2.24) is 19.6 Å². The number of hydrogen-bond acceptors (Lipinski definition) is 4. The van der Waals surface area contributed by atoms with Crippen LogP contribution in [0.3, 0.4) is 0 Å². The fourth-order valence-corrected chi connectivity index (χ4v) is 3.84. The van der Waals surface area contributed by atoms with Gasteiger partial charge >= 0.3 is 0 Å². The number of carbonyl (C=O) groups is 2. The first-order chi connectivity index (χ1) is 10.2. The summed E-state index contributed by atoms with van der Waals surface area (Å²) >= 11 is 1.58. The molecule has 1 aromatic heterocycles. The number of nitrogens with zero attached hydrogens (tertiary/aromatic N) is 4. The van der Waals surface area contributed by atoms with Gasteiger partial charge in [-0.15, -0.1) is 11.8 Å². The molecule has 3 heterocycles. The number of rotatable bonds is 4. The molecule has 0 radical (unpaired) electrons. The quantitative estimate of drug-likeness (QED) is 0.825. The monoisotopic (exact) mass is 308 g/mol. The average molecular weight is 308 g/mol. The predicted octanol–water partition coefficient (Wildman–Crippen LogP) is 0.797. The number of piperidine rings is 1. The van der Waals surface area contributed by atoms with Gasteiger partial charge in [-0.05, 0) is 25.3 Å². The smallest absolute Gasteiger partial charge is 0.242 e. The Morgan fingerprint density at radius 2 is 2.33 bits per heavy atom. The standard InChI is InChI=1S/C14H20N4O2S/c19-13(9-16-11-21-10-14(16)20)18-7-2-1-4-12(18)8-17-6-3-5-15-17/h3,5-6,12H,1-2,4,7-11H2/t12-/m1/s1. The van der Waals surface area contributed by atoms with Crippen molar-refractivity contribution in [2.24, 2.45) is 0 Å². The fourth-order valence-electron chi connectivity index (χ4n) is 2.94. The second kappa shape index (κ2) is 6.51. The third kappa shape index (κ3) is 3.40. The van der Waals surface area contributed by atoms with E-state index in [0.717, 1.165) is 32.4 Å². The first-order valence-electron chi connectivity index (χ1n) is 7.36. The van der Waals surface area contributed by atoms with Crippen LogP contribution in [0.2, 0.25) is 0 Å². The molecule has 6 nitrogen and oxygen atoms in total. The van der Waals surface area contributed by atoms with Gasteiger partial charge in [-0.25, -0.2) is 0 Å². The number of carbonyl (C=O) groups excluding carboxylic acids is 2. The first kappa shape index (κ1) is 14.4. The van der Waals surface area contributed by atoms with Gasteiger partial charge in [-0.1, -0.05) is 0 Å². The van der Waals surface area contributed by atoms with E-state index in [0.29, 0.717) is 11.6 Å². The lowest BCUT2D eigenvalue weighted by atomic mass is 10.0. The van der Waals surface area contributed by atoms with Crippen LogP contribution in [0.1, 0.15) is 19.3 Å². The van der Waals surface area contributed by atoms with E-state index in [1.807, 2.05) is 21.8 Å². The van der Waals surface area contributed by atoms with Gasteiger partial charge in [0.2, 0.25) is 11.8 Å². The SMILES string of the molecule is O=C1CSCN1CC(=O)N1CCCC[C@@H]1Cn1cccn1. The summed E-state index contributed by atoms with van der Waals surface area (Å²) in [6.07, 6.45) is 6.89. The number of thioether (sulfide) groups is 1. The molecule has 2 aliphatic rings. The molecular weight excluding hydrogens is 288 g/mol. The summed E-state index contributed by atoms with van der Waals surface area (Å²) in [7, 11) is 0. The lowest BCUT2D eigenvalue weighted by molar-refractivity contribution is -0.140. The second-order valence-corrected chi connectivity index (χ2v) is 6.49. The van der Waals surface area contributed by atoms with Gasteiger partial charge in [-0.2, -0.15) is 5.10 Å². The van der Waals surface area contributed by atoms with Gasteiger partial charge in [0, 0.05) is 18.9 Å². The summed E-state index contributed by atoms with van der Waals surface area (Å²) in [6.45, 7) is 1.75. The van der Waals surface area contributed by atoms with E-state index in [4.69, 9.17) is 0 Å². The minimum atomic E-state index is 0.0720.